The average Bonchev–Trinajstić information content (AvgIpc) is 2.64. The van der Waals surface area contributed by atoms with Crippen molar-refractivity contribution in [2.45, 2.75) is 32.2 Å². The summed E-state index contributed by atoms with van der Waals surface area (Å²) in [4.78, 5) is 37.2. The maximum Gasteiger partial charge on any atom is 0.265 e. The summed E-state index contributed by atoms with van der Waals surface area (Å²) in [7, 11) is 0. The monoisotopic (exact) mass is 342 g/mol. The Balaban J connectivity index is 1.54. The summed E-state index contributed by atoms with van der Waals surface area (Å²) < 4.78 is 1.14. The van der Waals surface area contributed by atoms with Gasteiger partial charge in [-0.3, -0.25) is 19.5 Å². The molecule has 3 rings (SSSR count). The van der Waals surface area contributed by atoms with Crippen molar-refractivity contribution in [3.05, 3.63) is 57.1 Å². The van der Waals surface area contributed by atoms with E-state index < -0.39 is 0 Å². The molecule has 0 spiro atoms. The summed E-state index contributed by atoms with van der Waals surface area (Å²) in [5, 5.41) is 5.21. The van der Waals surface area contributed by atoms with E-state index in [1.54, 1.807) is 0 Å². The van der Waals surface area contributed by atoms with Crippen LogP contribution in [0.5, 0.6) is 0 Å². The third-order valence-electron chi connectivity index (χ3n) is 4.32. The summed E-state index contributed by atoms with van der Waals surface area (Å²) >= 11 is 0. The minimum absolute atomic E-state index is 0.105. The second-order valence-corrected chi connectivity index (χ2v) is 6.19. The molecule has 2 heterocycles. The van der Waals surface area contributed by atoms with Crippen molar-refractivity contribution in [3.63, 3.8) is 0 Å². The summed E-state index contributed by atoms with van der Waals surface area (Å²) in [6, 6.07) is 10.2. The van der Waals surface area contributed by atoms with Crippen LogP contribution in [0.25, 0.3) is 0 Å². The lowest BCUT2D eigenvalue weighted by Crippen LogP contribution is -2.29. The zero-order valence-corrected chi connectivity index (χ0v) is 14.0. The van der Waals surface area contributed by atoms with E-state index in [0.717, 1.165) is 23.5 Å². The van der Waals surface area contributed by atoms with Gasteiger partial charge in [0.1, 0.15) is 0 Å². The standard InChI is InChI=1S/C18H22N4O3/c23-16(10-13-22-18(25)9-8-17(24)20-22)19-14-4-6-15(7-5-14)21-11-2-1-3-12-21/h4-9H,1-3,10-13H2,(H,19,23)(H,20,24). The molecule has 0 bridgehead atoms. The normalized spacial score (nSPS) is 14.3. The maximum atomic E-state index is 12.0. The molecular weight excluding hydrogens is 320 g/mol. The predicted octanol–water partition coefficient (Wildman–Crippen LogP) is 1.56. The number of H-pyrrole nitrogens is 1. The molecule has 1 aliphatic rings. The Hall–Kier alpha value is -2.83. The van der Waals surface area contributed by atoms with Crippen LogP contribution in [-0.4, -0.2) is 28.8 Å². The first-order valence-corrected chi connectivity index (χ1v) is 8.57. The summed E-state index contributed by atoms with van der Waals surface area (Å²) in [5.41, 5.74) is 1.19. The van der Waals surface area contributed by atoms with Crippen LogP contribution in [0.15, 0.2) is 46.0 Å². The molecule has 1 saturated heterocycles. The number of hydrogen-bond acceptors (Lipinski definition) is 4. The zero-order valence-electron chi connectivity index (χ0n) is 14.0. The minimum atomic E-state index is -0.367. The van der Waals surface area contributed by atoms with E-state index in [1.165, 1.54) is 37.1 Å². The van der Waals surface area contributed by atoms with Crippen LogP contribution in [0.3, 0.4) is 0 Å². The highest BCUT2D eigenvalue weighted by Crippen LogP contribution is 2.21. The van der Waals surface area contributed by atoms with Crippen LogP contribution in [0.2, 0.25) is 0 Å². The smallest absolute Gasteiger partial charge is 0.265 e. The van der Waals surface area contributed by atoms with Crippen molar-refractivity contribution in [1.29, 1.82) is 0 Å². The number of aromatic nitrogens is 2. The largest absolute Gasteiger partial charge is 0.372 e. The molecule has 0 atom stereocenters. The van der Waals surface area contributed by atoms with E-state index >= 15 is 0 Å². The number of aromatic amines is 1. The molecule has 1 amide bonds. The van der Waals surface area contributed by atoms with Gasteiger partial charge in [-0.2, -0.15) is 0 Å². The highest BCUT2D eigenvalue weighted by molar-refractivity contribution is 5.90. The number of nitrogens with zero attached hydrogens (tertiary/aromatic N) is 2. The van der Waals surface area contributed by atoms with Crippen molar-refractivity contribution < 1.29 is 4.79 Å². The fourth-order valence-electron chi connectivity index (χ4n) is 2.97. The molecule has 7 nitrogen and oxygen atoms in total. The first-order valence-electron chi connectivity index (χ1n) is 8.57. The number of carbonyl (C=O) groups is 1. The molecule has 132 valence electrons. The number of rotatable bonds is 5. The van der Waals surface area contributed by atoms with Crippen molar-refractivity contribution >= 4 is 17.3 Å². The number of anilines is 2. The topological polar surface area (TPSA) is 87.2 Å². The van der Waals surface area contributed by atoms with Crippen molar-refractivity contribution in [2.75, 3.05) is 23.3 Å². The number of carbonyl (C=O) groups excluding carboxylic acids is 1. The summed E-state index contributed by atoms with van der Waals surface area (Å²) in [6.45, 7) is 2.29. The predicted molar refractivity (Wildman–Crippen MR) is 97.1 cm³/mol. The molecule has 25 heavy (non-hydrogen) atoms. The van der Waals surface area contributed by atoms with E-state index in [0.29, 0.717) is 0 Å². The lowest BCUT2D eigenvalue weighted by atomic mass is 10.1. The Bertz CT molecular complexity index is 832. The molecule has 0 saturated carbocycles. The second kappa shape index (κ2) is 7.83. The Labute approximate surface area is 145 Å². The average molecular weight is 342 g/mol. The van der Waals surface area contributed by atoms with Gasteiger partial charge >= 0.3 is 0 Å². The molecule has 1 fully saturated rings. The molecule has 1 aromatic carbocycles. The van der Waals surface area contributed by atoms with E-state index in [9.17, 15) is 14.4 Å². The zero-order chi connectivity index (χ0) is 17.6. The third-order valence-corrected chi connectivity index (χ3v) is 4.32. The third kappa shape index (κ3) is 4.59. The van der Waals surface area contributed by atoms with Gasteiger partial charge in [0, 0.05) is 43.0 Å². The lowest BCUT2D eigenvalue weighted by molar-refractivity contribution is -0.116. The molecule has 0 unspecified atom stereocenters. The molecule has 1 aliphatic heterocycles. The Morgan fingerprint density at radius 2 is 1.72 bits per heavy atom. The summed E-state index contributed by atoms with van der Waals surface area (Å²) in [5.74, 6) is -0.206. The lowest BCUT2D eigenvalue weighted by Gasteiger charge is -2.28. The highest BCUT2D eigenvalue weighted by atomic mass is 16.2. The molecule has 2 N–H and O–H groups in total. The van der Waals surface area contributed by atoms with Gasteiger partial charge in [-0.05, 0) is 43.5 Å². The molecular formula is C18H22N4O3. The fraction of sp³-hybridized carbons (Fsp3) is 0.389. The number of benzene rings is 1. The first-order chi connectivity index (χ1) is 12.1. The van der Waals surface area contributed by atoms with Gasteiger partial charge in [-0.1, -0.05) is 0 Å². The van der Waals surface area contributed by atoms with E-state index in [-0.39, 0.29) is 30.0 Å². The van der Waals surface area contributed by atoms with E-state index in [4.69, 9.17) is 0 Å². The van der Waals surface area contributed by atoms with E-state index in [1.807, 2.05) is 24.3 Å². The number of aryl methyl sites for hydroxylation is 1. The van der Waals surface area contributed by atoms with Crippen LogP contribution in [0.1, 0.15) is 25.7 Å². The maximum absolute atomic E-state index is 12.0. The molecule has 1 aromatic heterocycles. The summed E-state index contributed by atoms with van der Waals surface area (Å²) in [6.07, 6.45) is 3.84. The minimum Gasteiger partial charge on any atom is -0.372 e. The van der Waals surface area contributed by atoms with Crippen molar-refractivity contribution in [1.82, 2.24) is 9.78 Å². The number of nitrogens with one attached hydrogen (secondary N) is 2. The Morgan fingerprint density at radius 3 is 2.44 bits per heavy atom. The molecule has 2 aromatic rings. The van der Waals surface area contributed by atoms with Crippen LogP contribution in [-0.2, 0) is 11.3 Å². The van der Waals surface area contributed by atoms with Crippen LogP contribution < -0.4 is 21.3 Å². The second-order valence-electron chi connectivity index (χ2n) is 6.19. The quantitative estimate of drug-likeness (QED) is 0.863. The SMILES string of the molecule is O=C(CCn1[nH]c(=O)ccc1=O)Nc1ccc(N2CCCCC2)cc1. The van der Waals surface area contributed by atoms with Crippen molar-refractivity contribution in [2.24, 2.45) is 0 Å². The number of hydrogen-bond donors (Lipinski definition) is 2. The van der Waals surface area contributed by atoms with E-state index in [2.05, 4.69) is 15.3 Å². The van der Waals surface area contributed by atoms with Crippen molar-refractivity contribution in [3.8, 4) is 0 Å². The van der Waals surface area contributed by atoms with Gasteiger partial charge in [0.05, 0.1) is 6.54 Å². The van der Waals surface area contributed by atoms with Crippen LogP contribution in [0, 0.1) is 0 Å². The Morgan fingerprint density at radius 1 is 1.00 bits per heavy atom. The highest BCUT2D eigenvalue weighted by Gasteiger charge is 2.11. The molecule has 0 radical (unpaired) electrons. The van der Waals surface area contributed by atoms with Gasteiger partial charge in [0.25, 0.3) is 11.1 Å². The van der Waals surface area contributed by atoms with Gasteiger partial charge in [0.2, 0.25) is 5.91 Å². The first kappa shape index (κ1) is 17.0. The van der Waals surface area contributed by atoms with Gasteiger partial charge in [-0.25, -0.2) is 4.68 Å². The number of amides is 1. The molecule has 7 heteroatoms. The van der Waals surface area contributed by atoms with Crippen LogP contribution >= 0.6 is 0 Å². The Kier molecular flexibility index (Phi) is 5.33. The van der Waals surface area contributed by atoms with Gasteiger partial charge < -0.3 is 10.2 Å². The van der Waals surface area contributed by atoms with Gasteiger partial charge in [-0.15, -0.1) is 0 Å². The van der Waals surface area contributed by atoms with Gasteiger partial charge in [0.15, 0.2) is 0 Å². The fourth-order valence-corrected chi connectivity index (χ4v) is 2.97. The molecule has 0 aliphatic carbocycles. The number of piperidine rings is 1. The van der Waals surface area contributed by atoms with Crippen LogP contribution in [0.4, 0.5) is 11.4 Å².